The summed E-state index contributed by atoms with van der Waals surface area (Å²) < 4.78 is 5.21. The van der Waals surface area contributed by atoms with Crippen molar-refractivity contribution in [1.29, 1.82) is 10.5 Å². The fourth-order valence-corrected chi connectivity index (χ4v) is 0.995. The van der Waals surface area contributed by atoms with Crippen molar-refractivity contribution in [3.63, 3.8) is 0 Å². The Morgan fingerprint density at radius 2 is 2.18 bits per heavy atom. The second-order valence-electron chi connectivity index (χ2n) is 2.35. The van der Waals surface area contributed by atoms with Gasteiger partial charge in [0.15, 0.2) is 5.92 Å². The van der Waals surface area contributed by atoms with Crippen LogP contribution >= 0.6 is 0 Å². The second-order valence-corrected chi connectivity index (χ2v) is 2.35. The molecule has 1 N–H and O–H groups in total. The Morgan fingerprint density at radius 3 is 2.64 bits per heavy atom. The van der Waals surface area contributed by atoms with Gasteiger partial charge >= 0.3 is 0 Å². The molecular weight excluding hydrogens is 142 g/mol. The number of hydrogen-bond donors (Lipinski definition) is 1. The van der Waals surface area contributed by atoms with Gasteiger partial charge in [0, 0.05) is 13.1 Å². The van der Waals surface area contributed by atoms with Crippen LogP contribution in [0.5, 0.6) is 0 Å². The Hall–Kier alpha value is -1.10. The number of nitriles is 2. The van der Waals surface area contributed by atoms with E-state index in [0.29, 0.717) is 13.2 Å². The Labute approximate surface area is 65.4 Å². The molecule has 0 aliphatic carbocycles. The molecule has 0 radical (unpaired) electrons. The van der Waals surface area contributed by atoms with Crippen LogP contribution in [0.4, 0.5) is 0 Å². The van der Waals surface area contributed by atoms with Crippen molar-refractivity contribution >= 4 is 0 Å². The van der Waals surface area contributed by atoms with E-state index in [0.717, 1.165) is 6.54 Å². The lowest BCUT2D eigenvalue weighted by Gasteiger charge is -2.23. The molecule has 1 unspecified atom stereocenters. The third kappa shape index (κ3) is 1.91. The molecule has 0 amide bonds. The van der Waals surface area contributed by atoms with Gasteiger partial charge in [-0.3, -0.25) is 0 Å². The molecule has 0 aromatic rings. The largest absolute Gasteiger partial charge is 0.373 e. The molecule has 0 aromatic heterocycles. The number of nitrogens with zero attached hydrogens (tertiary/aromatic N) is 2. The van der Waals surface area contributed by atoms with Crippen molar-refractivity contribution in [2.45, 2.75) is 6.10 Å². The highest BCUT2D eigenvalue weighted by atomic mass is 16.5. The summed E-state index contributed by atoms with van der Waals surface area (Å²) in [6.45, 7) is 2.00. The standard InChI is InChI=1S/C7H9N3O/c8-3-6(4-9)7-5-10-1-2-11-7/h6-7,10H,1-2,5H2. The summed E-state index contributed by atoms with van der Waals surface area (Å²) in [5.74, 6) is -0.636. The maximum atomic E-state index is 8.50. The SMILES string of the molecule is N#CC(C#N)C1CNCCO1. The van der Waals surface area contributed by atoms with Gasteiger partial charge in [0.05, 0.1) is 24.8 Å². The lowest BCUT2D eigenvalue weighted by atomic mass is 10.1. The average molecular weight is 151 g/mol. The third-order valence-corrected chi connectivity index (χ3v) is 1.61. The molecular formula is C7H9N3O. The molecule has 4 heteroatoms. The van der Waals surface area contributed by atoms with E-state index in [-0.39, 0.29) is 6.10 Å². The van der Waals surface area contributed by atoms with Crippen molar-refractivity contribution in [2.75, 3.05) is 19.7 Å². The molecule has 0 aromatic carbocycles. The Bertz CT molecular complexity index is 183. The molecule has 4 nitrogen and oxygen atoms in total. The highest BCUT2D eigenvalue weighted by Gasteiger charge is 2.23. The molecule has 0 saturated carbocycles. The van der Waals surface area contributed by atoms with E-state index in [2.05, 4.69) is 5.32 Å². The van der Waals surface area contributed by atoms with Gasteiger partial charge in [-0.1, -0.05) is 0 Å². The molecule has 1 rings (SSSR count). The van der Waals surface area contributed by atoms with Crippen LogP contribution in [0.1, 0.15) is 0 Å². The summed E-state index contributed by atoms with van der Waals surface area (Å²) in [7, 11) is 0. The Kier molecular flexibility index (Phi) is 2.85. The van der Waals surface area contributed by atoms with Crippen LogP contribution < -0.4 is 5.32 Å². The van der Waals surface area contributed by atoms with Crippen LogP contribution in [0.2, 0.25) is 0 Å². The topological polar surface area (TPSA) is 68.8 Å². The third-order valence-electron chi connectivity index (χ3n) is 1.61. The zero-order chi connectivity index (χ0) is 8.10. The minimum absolute atomic E-state index is 0.251. The maximum Gasteiger partial charge on any atom is 0.160 e. The molecule has 1 aliphatic rings. The summed E-state index contributed by atoms with van der Waals surface area (Å²) in [6.07, 6.45) is -0.251. The fraction of sp³-hybridized carbons (Fsp3) is 0.714. The van der Waals surface area contributed by atoms with E-state index in [9.17, 15) is 0 Å². The van der Waals surface area contributed by atoms with Crippen molar-refractivity contribution in [2.24, 2.45) is 5.92 Å². The lowest BCUT2D eigenvalue weighted by molar-refractivity contribution is 0.0166. The van der Waals surface area contributed by atoms with E-state index in [4.69, 9.17) is 15.3 Å². The highest BCUT2D eigenvalue weighted by Crippen LogP contribution is 2.07. The van der Waals surface area contributed by atoms with E-state index in [1.54, 1.807) is 0 Å². The van der Waals surface area contributed by atoms with Gasteiger partial charge < -0.3 is 10.1 Å². The first-order valence-electron chi connectivity index (χ1n) is 3.50. The first-order chi connectivity index (χ1) is 5.38. The predicted octanol–water partition coefficient (Wildman–Crippen LogP) is -0.362. The molecule has 58 valence electrons. The van der Waals surface area contributed by atoms with Crippen LogP contribution in [0, 0.1) is 28.6 Å². The van der Waals surface area contributed by atoms with E-state index in [1.165, 1.54) is 0 Å². The van der Waals surface area contributed by atoms with Crippen LogP contribution in [0.25, 0.3) is 0 Å². The zero-order valence-electron chi connectivity index (χ0n) is 6.08. The van der Waals surface area contributed by atoms with Gasteiger partial charge in [-0.25, -0.2) is 0 Å². The van der Waals surface area contributed by atoms with Crippen molar-refractivity contribution in [3.05, 3.63) is 0 Å². The summed E-state index contributed by atoms with van der Waals surface area (Å²) in [6, 6.07) is 3.79. The molecule has 0 bridgehead atoms. The minimum Gasteiger partial charge on any atom is -0.373 e. The van der Waals surface area contributed by atoms with Crippen LogP contribution in [0.15, 0.2) is 0 Å². The lowest BCUT2D eigenvalue weighted by Crippen LogP contribution is -2.41. The maximum absolute atomic E-state index is 8.50. The Balaban J connectivity index is 2.46. The van der Waals surface area contributed by atoms with Crippen molar-refractivity contribution < 1.29 is 4.74 Å². The van der Waals surface area contributed by atoms with Crippen LogP contribution in [0.3, 0.4) is 0 Å². The monoisotopic (exact) mass is 151 g/mol. The summed E-state index contributed by atoms with van der Waals surface area (Å²) in [5.41, 5.74) is 0. The number of nitrogens with one attached hydrogen (secondary N) is 1. The molecule has 1 fully saturated rings. The Morgan fingerprint density at radius 1 is 1.45 bits per heavy atom. The average Bonchev–Trinajstić information content (AvgIpc) is 2.09. The van der Waals surface area contributed by atoms with E-state index >= 15 is 0 Å². The quantitative estimate of drug-likeness (QED) is 0.555. The first-order valence-corrected chi connectivity index (χ1v) is 3.50. The van der Waals surface area contributed by atoms with Crippen LogP contribution in [-0.2, 0) is 4.74 Å². The highest BCUT2D eigenvalue weighted by molar-refractivity contribution is 5.04. The minimum atomic E-state index is -0.636. The fourth-order valence-electron chi connectivity index (χ4n) is 0.995. The summed E-state index contributed by atoms with van der Waals surface area (Å²) in [5, 5.41) is 20.1. The molecule has 1 saturated heterocycles. The van der Waals surface area contributed by atoms with Gasteiger partial charge in [-0.2, -0.15) is 10.5 Å². The van der Waals surface area contributed by atoms with Crippen molar-refractivity contribution in [1.82, 2.24) is 5.32 Å². The molecule has 0 spiro atoms. The van der Waals surface area contributed by atoms with Gasteiger partial charge in [0.25, 0.3) is 0 Å². The number of rotatable bonds is 1. The van der Waals surface area contributed by atoms with Crippen molar-refractivity contribution in [3.8, 4) is 12.1 Å². The van der Waals surface area contributed by atoms with Gasteiger partial charge in [-0.15, -0.1) is 0 Å². The zero-order valence-corrected chi connectivity index (χ0v) is 6.08. The summed E-state index contributed by atoms with van der Waals surface area (Å²) >= 11 is 0. The van der Waals surface area contributed by atoms with Gasteiger partial charge in [0.1, 0.15) is 0 Å². The molecule has 11 heavy (non-hydrogen) atoms. The molecule has 1 atom stereocenters. The normalized spacial score (nSPS) is 24.1. The number of morpholine rings is 1. The number of ether oxygens (including phenoxy) is 1. The van der Waals surface area contributed by atoms with Crippen LogP contribution in [-0.4, -0.2) is 25.8 Å². The first kappa shape index (κ1) is 8.00. The van der Waals surface area contributed by atoms with Gasteiger partial charge in [-0.05, 0) is 0 Å². The van der Waals surface area contributed by atoms with E-state index < -0.39 is 5.92 Å². The smallest absolute Gasteiger partial charge is 0.160 e. The van der Waals surface area contributed by atoms with E-state index in [1.807, 2.05) is 12.1 Å². The van der Waals surface area contributed by atoms with Gasteiger partial charge in [0.2, 0.25) is 0 Å². The summed E-state index contributed by atoms with van der Waals surface area (Å²) in [4.78, 5) is 0. The number of hydrogen-bond acceptors (Lipinski definition) is 4. The molecule has 1 aliphatic heterocycles. The second kappa shape index (κ2) is 3.92. The predicted molar refractivity (Wildman–Crippen MR) is 37.3 cm³/mol. The molecule has 1 heterocycles.